The van der Waals surface area contributed by atoms with Crippen molar-refractivity contribution in [2.45, 2.75) is 32.2 Å². The van der Waals surface area contributed by atoms with Crippen molar-refractivity contribution in [1.82, 2.24) is 15.1 Å². The SMILES string of the molecule is CCN(CC)CCOc1ccc(-c2ccc(C(=O)NCC3(N(C)C)CCOCC3)s2)cc1OC.Cl. The number of ether oxygens (including phenoxy) is 3. The normalized spacial score (nSPS) is 15.1. The molecule has 2 heterocycles. The van der Waals surface area contributed by atoms with Gasteiger partial charge in [-0.05, 0) is 75.9 Å². The predicted molar refractivity (Wildman–Crippen MR) is 146 cm³/mol. The topological polar surface area (TPSA) is 63.3 Å². The molecule has 1 aliphatic heterocycles. The number of thiophene rings is 1. The van der Waals surface area contributed by atoms with E-state index in [-0.39, 0.29) is 23.9 Å². The van der Waals surface area contributed by atoms with Gasteiger partial charge in [0.25, 0.3) is 5.91 Å². The standard InChI is InChI=1S/C26H39N3O4S.ClH/c1-6-29(7-2)14-17-33-21-9-8-20(18-22(21)31-5)23-10-11-24(34-23)25(30)27-19-26(28(3)4)12-15-32-16-13-26;/h8-11,18H,6-7,12-17,19H2,1-5H3,(H,27,30);1H. The third kappa shape index (κ3) is 7.57. The van der Waals surface area contributed by atoms with E-state index in [1.54, 1.807) is 7.11 Å². The van der Waals surface area contributed by atoms with Crippen LogP contribution in [0.4, 0.5) is 0 Å². The monoisotopic (exact) mass is 525 g/mol. The highest BCUT2D eigenvalue weighted by molar-refractivity contribution is 7.17. The fourth-order valence-electron chi connectivity index (χ4n) is 4.25. The summed E-state index contributed by atoms with van der Waals surface area (Å²) in [4.78, 5) is 19.2. The maximum atomic E-state index is 12.9. The first kappa shape index (κ1) is 29.4. The molecule has 1 aromatic carbocycles. The van der Waals surface area contributed by atoms with Crippen molar-refractivity contribution in [3.63, 3.8) is 0 Å². The van der Waals surface area contributed by atoms with Crippen molar-refractivity contribution in [2.75, 3.05) is 67.2 Å². The molecule has 0 saturated carbocycles. The lowest BCUT2D eigenvalue weighted by molar-refractivity contribution is -0.00656. The van der Waals surface area contributed by atoms with Crippen molar-refractivity contribution in [3.05, 3.63) is 35.2 Å². The molecule has 1 aliphatic rings. The first-order valence-corrected chi connectivity index (χ1v) is 12.9. The molecule has 0 aliphatic carbocycles. The van der Waals surface area contributed by atoms with E-state index in [0.717, 1.165) is 61.9 Å². The van der Waals surface area contributed by atoms with Crippen LogP contribution in [-0.2, 0) is 4.74 Å². The van der Waals surface area contributed by atoms with E-state index in [4.69, 9.17) is 14.2 Å². The highest BCUT2D eigenvalue weighted by atomic mass is 35.5. The number of hydrogen-bond donors (Lipinski definition) is 1. The highest BCUT2D eigenvalue weighted by Crippen LogP contribution is 2.35. The Labute approximate surface area is 220 Å². The highest BCUT2D eigenvalue weighted by Gasteiger charge is 2.35. The minimum atomic E-state index is -0.0531. The zero-order valence-corrected chi connectivity index (χ0v) is 23.2. The van der Waals surface area contributed by atoms with Gasteiger partial charge >= 0.3 is 0 Å². The number of nitrogens with zero attached hydrogens (tertiary/aromatic N) is 2. The van der Waals surface area contributed by atoms with Gasteiger partial charge in [0.15, 0.2) is 11.5 Å². The van der Waals surface area contributed by atoms with Gasteiger partial charge in [0, 0.05) is 36.7 Å². The largest absolute Gasteiger partial charge is 0.493 e. The summed E-state index contributed by atoms with van der Waals surface area (Å²) in [5.74, 6) is 1.40. The number of carbonyl (C=O) groups is 1. The second-order valence-corrected chi connectivity index (χ2v) is 9.90. The molecule has 2 aromatic rings. The number of halogens is 1. The van der Waals surface area contributed by atoms with Gasteiger partial charge in [-0.25, -0.2) is 0 Å². The van der Waals surface area contributed by atoms with Crippen LogP contribution in [0.25, 0.3) is 10.4 Å². The van der Waals surface area contributed by atoms with Gasteiger partial charge in [-0.3, -0.25) is 4.79 Å². The maximum absolute atomic E-state index is 12.9. The van der Waals surface area contributed by atoms with Gasteiger partial charge < -0.3 is 29.3 Å². The van der Waals surface area contributed by atoms with E-state index in [1.807, 2.05) is 30.3 Å². The minimum Gasteiger partial charge on any atom is -0.493 e. The molecule has 0 unspecified atom stereocenters. The van der Waals surface area contributed by atoms with Crippen LogP contribution in [0.1, 0.15) is 36.4 Å². The Bertz CT molecular complexity index is 927. The van der Waals surface area contributed by atoms with Crippen LogP contribution in [0.5, 0.6) is 11.5 Å². The second kappa shape index (κ2) is 14.0. The van der Waals surface area contributed by atoms with Crippen LogP contribution in [0, 0.1) is 0 Å². The Balaban J connectivity index is 0.00000432. The van der Waals surface area contributed by atoms with E-state index >= 15 is 0 Å². The lowest BCUT2D eigenvalue weighted by Crippen LogP contribution is -2.55. The summed E-state index contributed by atoms with van der Waals surface area (Å²) in [6.45, 7) is 9.89. The molecule has 3 rings (SSSR count). The molecule has 1 aromatic heterocycles. The van der Waals surface area contributed by atoms with E-state index < -0.39 is 0 Å². The fourth-order valence-corrected chi connectivity index (χ4v) is 5.16. The Morgan fingerprint density at radius 2 is 1.83 bits per heavy atom. The number of carbonyl (C=O) groups excluding carboxylic acids is 1. The van der Waals surface area contributed by atoms with Gasteiger partial charge in [0.2, 0.25) is 0 Å². The summed E-state index contributed by atoms with van der Waals surface area (Å²) < 4.78 is 17.1. The Hall–Kier alpha value is -1.84. The number of methoxy groups -OCH3 is 1. The molecule has 1 N–H and O–H groups in total. The molecule has 1 amide bonds. The number of nitrogens with one attached hydrogen (secondary N) is 1. The first-order chi connectivity index (χ1) is 16.4. The minimum absolute atomic E-state index is 0. The molecule has 0 spiro atoms. The van der Waals surface area contributed by atoms with Crippen LogP contribution in [-0.4, -0.2) is 88.5 Å². The van der Waals surface area contributed by atoms with Gasteiger partial charge in [-0.15, -0.1) is 23.7 Å². The molecular weight excluding hydrogens is 486 g/mol. The van der Waals surface area contributed by atoms with E-state index in [0.29, 0.717) is 23.8 Å². The van der Waals surface area contributed by atoms with Crippen molar-refractivity contribution in [1.29, 1.82) is 0 Å². The lowest BCUT2D eigenvalue weighted by Gasteiger charge is -2.42. The van der Waals surface area contributed by atoms with E-state index in [2.05, 4.69) is 43.1 Å². The molecule has 1 saturated heterocycles. The van der Waals surface area contributed by atoms with Crippen molar-refractivity contribution in [2.24, 2.45) is 0 Å². The maximum Gasteiger partial charge on any atom is 0.261 e. The molecule has 9 heteroatoms. The van der Waals surface area contributed by atoms with Gasteiger partial charge in [-0.2, -0.15) is 0 Å². The summed E-state index contributed by atoms with van der Waals surface area (Å²) >= 11 is 1.49. The summed E-state index contributed by atoms with van der Waals surface area (Å²) in [7, 11) is 5.80. The van der Waals surface area contributed by atoms with Crippen molar-refractivity contribution < 1.29 is 19.0 Å². The number of hydrogen-bond acceptors (Lipinski definition) is 7. The van der Waals surface area contributed by atoms with Gasteiger partial charge in [-0.1, -0.05) is 13.8 Å². The third-order valence-corrected chi connectivity index (χ3v) is 7.92. The van der Waals surface area contributed by atoms with Crippen molar-refractivity contribution in [3.8, 4) is 21.9 Å². The molecule has 0 bridgehead atoms. The average Bonchev–Trinajstić information content (AvgIpc) is 3.36. The number of likely N-dealkylation sites (N-methyl/N-ethyl adjacent to an activating group) is 2. The molecule has 0 atom stereocenters. The summed E-state index contributed by atoms with van der Waals surface area (Å²) in [6.07, 6.45) is 1.83. The smallest absolute Gasteiger partial charge is 0.261 e. The molecule has 0 radical (unpaired) electrons. The summed E-state index contributed by atoms with van der Waals surface area (Å²) in [5, 5.41) is 3.15. The Morgan fingerprint density at radius 1 is 1.11 bits per heavy atom. The van der Waals surface area contributed by atoms with E-state index in [1.165, 1.54) is 11.3 Å². The number of benzene rings is 1. The van der Waals surface area contributed by atoms with Crippen LogP contribution in [0.2, 0.25) is 0 Å². The predicted octanol–water partition coefficient (Wildman–Crippen LogP) is 4.41. The fraction of sp³-hybridized carbons (Fsp3) is 0.577. The molecule has 196 valence electrons. The van der Waals surface area contributed by atoms with Gasteiger partial charge in [0.05, 0.1) is 12.0 Å². The molecular formula is C26H40ClN3O4S. The summed E-state index contributed by atoms with van der Waals surface area (Å²) in [6, 6.07) is 9.82. The van der Waals surface area contributed by atoms with Gasteiger partial charge in [0.1, 0.15) is 6.61 Å². The Morgan fingerprint density at radius 3 is 2.46 bits per heavy atom. The van der Waals surface area contributed by atoms with Crippen LogP contribution >= 0.6 is 23.7 Å². The van der Waals surface area contributed by atoms with Crippen LogP contribution in [0.3, 0.4) is 0 Å². The molecule has 7 nitrogen and oxygen atoms in total. The van der Waals surface area contributed by atoms with Crippen LogP contribution < -0.4 is 14.8 Å². The quantitative estimate of drug-likeness (QED) is 0.443. The number of amides is 1. The average molecular weight is 526 g/mol. The first-order valence-electron chi connectivity index (χ1n) is 12.1. The lowest BCUT2D eigenvalue weighted by atomic mass is 9.88. The molecule has 35 heavy (non-hydrogen) atoms. The van der Waals surface area contributed by atoms with Crippen LogP contribution in [0.15, 0.2) is 30.3 Å². The zero-order chi connectivity index (χ0) is 24.6. The Kier molecular flexibility index (Phi) is 11.8. The molecule has 1 fully saturated rings. The third-order valence-electron chi connectivity index (χ3n) is 6.79. The van der Waals surface area contributed by atoms with E-state index in [9.17, 15) is 4.79 Å². The second-order valence-electron chi connectivity index (χ2n) is 8.82. The zero-order valence-electron chi connectivity index (χ0n) is 21.6. The van der Waals surface area contributed by atoms with Crippen molar-refractivity contribution >= 4 is 29.7 Å². The summed E-state index contributed by atoms with van der Waals surface area (Å²) in [5.41, 5.74) is 0.953. The number of rotatable bonds is 12.